The van der Waals surface area contributed by atoms with Gasteiger partial charge in [0.15, 0.2) is 0 Å². The normalized spacial score (nSPS) is 26.9. The van der Waals surface area contributed by atoms with Crippen LogP contribution < -0.4 is 5.73 Å². The number of likely N-dealkylation sites (tertiary alicyclic amines) is 1. The lowest BCUT2D eigenvalue weighted by atomic mass is 10.2. The van der Waals surface area contributed by atoms with E-state index in [-0.39, 0.29) is 6.04 Å². The monoisotopic (exact) mass is 216 g/mol. The first-order valence-corrected chi connectivity index (χ1v) is 5.21. The molecule has 0 aliphatic carbocycles. The molecule has 0 aromatic heterocycles. The molecule has 0 saturated carbocycles. The number of carbonyl (C=O) groups excluding carboxylic acids is 1. The summed E-state index contributed by atoms with van der Waals surface area (Å²) in [5, 5.41) is 9.44. The Hall–Kier alpha value is -0.810. The summed E-state index contributed by atoms with van der Waals surface area (Å²) in [6, 6.07) is -0.102. The molecule has 0 aromatic rings. The number of carbonyl (C=O) groups is 1. The van der Waals surface area contributed by atoms with Crippen molar-refractivity contribution in [3.63, 3.8) is 0 Å². The Balaban J connectivity index is 2.59. The van der Waals surface area contributed by atoms with Gasteiger partial charge in [-0.1, -0.05) is 0 Å². The molecule has 1 heterocycles. The summed E-state index contributed by atoms with van der Waals surface area (Å²) < 4.78 is 5.22. The Morgan fingerprint density at radius 2 is 2.20 bits per heavy atom. The third kappa shape index (κ3) is 3.35. The van der Waals surface area contributed by atoms with E-state index in [0.717, 1.165) is 0 Å². The number of β-amino-alcohol motifs (C(OH)–C–C–N with tert-alkyl or cyclic N) is 1. The average Bonchev–Trinajstić information content (AvgIpc) is 2.43. The fourth-order valence-electron chi connectivity index (χ4n) is 1.66. The molecule has 1 fully saturated rings. The average molecular weight is 216 g/mol. The summed E-state index contributed by atoms with van der Waals surface area (Å²) in [6.07, 6.45) is -0.337. The van der Waals surface area contributed by atoms with Crippen molar-refractivity contribution in [1.82, 2.24) is 4.90 Å². The van der Waals surface area contributed by atoms with Crippen LogP contribution in [0.5, 0.6) is 0 Å². The molecule has 1 saturated heterocycles. The van der Waals surface area contributed by atoms with E-state index in [9.17, 15) is 9.90 Å². The van der Waals surface area contributed by atoms with E-state index in [0.29, 0.717) is 19.5 Å². The van der Waals surface area contributed by atoms with E-state index in [1.807, 2.05) is 20.8 Å². The second-order valence-corrected chi connectivity index (χ2v) is 4.91. The summed E-state index contributed by atoms with van der Waals surface area (Å²) >= 11 is 0. The summed E-state index contributed by atoms with van der Waals surface area (Å²) in [5.41, 5.74) is 5.02. The number of rotatable bonds is 1. The van der Waals surface area contributed by atoms with E-state index in [1.54, 1.807) is 0 Å². The molecule has 1 amide bonds. The Labute approximate surface area is 90.2 Å². The summed E-state index contributed by atoms with van der Waals surface area (Å²) in [5.74, 6) is 0. The molecule has 0 bridgehead atoms. The predicted molar refractivity (Wildman–Crippen MR) is 56.4 cm³/mol. The molecular weight excluding hydrogens is 196 g/mol. The van der Waals surface area contributed by atoms with Crippen molar-refractivity contribution in [3.05, 3.63) is 0 Å². The molecule has 0 unspecified atom stereocenters. The lowest BCUT2D eigenvalue weighted by Gasteiger charge is -2.27. The van der Waals surface area contributed by atoms with E-state index in [2.05, 4.69) is 0 Å². The van der Waals surface area contributed by atoms with Crippen LogP contribution in [-0.4, -0.2) is 46.9 Å². The van der Waals surface area contributed by atoms with Crippen LogP contribution in [-0.2, 0) is 4.74 Å². The first kappa shape index (κ1) is 12.3. The van der Waals surface area contributed by atoms with Crippen molar-refractivity contribution >= 4 is 6.09 Å². The molecule has 5 nitrogen and oxygen atoms in total. The zero-order chi connectivity index (χ0) is 11.6. The van der Waals surface area contributed by atoms with Crippen LogP contribution in [0.3, 0.4) is 0 Å². The highest BCUT2D eigenvalue weighted by Crippen LogP contribution is 2.20. The van der Waals surface area contributed by atoms with Gasteiger partial charge in [0.05, 0.1) is 12.6 Å². The Morgan fingerprint density at radius 1 is 1.60 bits per heavy atom. The standard InChI is InChI=1S/C10H20N2O3/c1-10(2,3)15-9(14)12-6-8(13)4-7(12)5-11/h7-8,13H,4-6,11H2,1-3H3/t7-,8+/m1/s1. The number of aliphatic hydroxyl groups excluding tert-OH is 1. The van der Waals surface area contributed by atoms with Gasteiger partial charge in [-0.3, -0.25) is 0 Å². The minimum Gasteiger partial charge on any atom is -0.444 e. The van der Waals surface area contributed by atoms with Gasteiger partial charge in [0.2, 0.25) is 0 Å². The maximum Gasteiger partial charge on any atom is 0.410 e. The van der Waals surface area contributed by atoms with Crippen molar-refractivity contribution < 1.29 is 14.6 Å². The van der Waals surface area contributed by atoms with E-state index in [4.69, 9.17) is 10.5 Å². The van der Waals surface area contributed by atoms with Gasteiger partial charge in [0, 0.05) is 12.6 Å². The number of hydrogen-bond donors (Lipinski definition) is 2. The molecule has 1 aliphatic rings. The van der Waals surface area contributed by atoms with Crippen LogP contribution in [0.25, 0.3) is 0 Å². The number of ether oxygens (including phenoxy) is 1. The van der Waals surface area contributed by atoms with E-state index in [1.165, 1.54) is 4.90 Å². The highest BCUT2D eigenvalue weighted by Gasteiger charge is 2.35. The van der Waals surface area contributed by atoms with Crippen LogP contribution in [0.15, 0.2) is 0 Å². The van der Waals surface area contributed by atoms with Crippen molar-refractivity contribution in [2.75, 3.05) is 13.1 Å². The van der Waals surface area contributed by atoms with Gasteiger partial charge in [0.1, 0.15) is 5.60 Å². The third-order valence-electron chi connectivity index (χ3n) is 2.29. The topological polar surface area (TPSA) is 75.8 Å². The molecule has 3 N–H and O–H groups in total. The van der Waals surface area contributed by atoms with Crippen molar-refractivity contribution in [1.29, 1.82) is 0 Å². The lowest BCUT2D eigenvalue weighted by molar-refractivity contribution is 0.0213. The number of hydrogen-bond acceptors (Lipinski definition) is 4. The summed E-state index contributed by atoms with van der Waals surface area (Å²) in [7, 11) is 0. The molecule has 0 spiro atoms. The van der Waals surface area contributed by atoms with Gasteiger partial charge in [-0.15, -0.1) is 0 Å². The molecule has 5 heteroatoms. The van der Waals surface area contributed by atoms with Gasteiger partial charge >= 0.3 is 6.09 Å². The molecule has 1 rings (SSSR count). The SMILES string of the molecule is CC(C)(C)OC(=O)N1C[C@@H](O)C[C@@H]1CN. The number of nitrogens with zero attached hydrogens (tertiary/aromatic N) is 1. The minimum atomic E-state index is -0.510. The molecule has 0 radical (unpaired) electrons. The van der Waals surface area contributed by atoms with Crippen LogP contribution in [0.4, 0.5) is 4.79 Å². The Kier molecular flexibility index (Phi) is 3.57. The van der Waals surface area contributed by atoms with Gasteiger partial charge < -0.3 is 20.5 Å². The van der Waals surface area contributed by atoms with Crippen LogP contribution in [0.2, 0.25) is 0 Å². The van der Waals surface area contributed by atoms with E-state index >= 15 is 0 Å². The smallest absolute Gasteiger partial charge is 0.410 e. The quantitative estimate of drug-likeness (QED) is 0.661. The zero-order valence-electron chi connectivity index (χ0n) is 9.56. The Morgan fingerprint density at radius 3 is 2.67 bits per heavy atom. The lowest BCUT2D eigenvalue weighted by Crippen LogP contribution is -2.43. The molecule has 2 atom stereocenters. The zero-order valence-corrected chi connectivity index (χ0v) is 9.56. The molecular formula is C10H20N2O3. The van der Waals surface area contributed by atoms with Crippen LogP contribution in [0.1, 0.15) is 27.2 Å². The van der Waals surface area contributed by atoms with Gasteiger partial charge in [-0.05, 0) is 27.2 Å². The van der Waals surface area contributed by atoms with Gasteiger partial charge in [0.25, 0.3) is 0 Å². The second-order valence-electron chi connectivity index (χ2n) is 4.91. The highest BCUT2D eigenvalue weighted by molar-refractivity contribution is 5.69. The molecule has 0 aromatic carbocycles. The maximum atomic E-state index is 11.7. The van der Waals surface area contributed by atoms with Crippen LogP contribution in [0, 0.1) is 0 Å². The molecule has 1 aliphatic heterocycles. The maximum absolute atomic E-state index is 11.7. The summed E-state index contributed by atoms with van der Waals surface area (Å²) in [6.45, 7) is 6.12. The molecule has 15 heavy (non-hydrogen) atoms. The minimum absolute atomic E-state index is 0.102. The number of amides is 1. The van der Waals surface area contributed by atoms with E-state index < -0.39 is 17.8 Å². The Bertz CT molecular complexity index is 237. The second kappa shape index (κ2) is 4.37. The largest absolute Gasteiger partial charge is 0.444 e. The van der Waals surface area contributed by atoms with Crippen molar-refractivity contribution in [3.8, 4) is 0 Å². The fraction of sp³-hybridized carbons (Fsp3) is 0.900. The van der Waals surface area contributed by atoms with Crippen molar-refractivity contribution in [2.24, 2.45) is 5.73 Å². The predicted octanol–water partition coefficient (Wildman–Crippen LogP) is 0.315. The summed E-state index contributed by atoms with van der Waals surface area (Å²) in [4.78, 5) is 13.2. The highest BCUT2D eigenvalue weighted by atomic mass is 16.6. The van der Waals surface area contributed by atoms with Crippen molar-refractivity contribution in [2.45, 2.75) is 44.9 Å². The van der Waals surface area contributed by atoms with Crippen LogP contribution >= 0.6 is 0 Å². The third-order valence-corrected chi connectivity index (χ3v) is 2.29. The first-order valence-electron chi connectivity index (χ1n) is 5.21. The molecule has 88 valence electrons. The number of aliphatic hydroxyl groups is 1. The fourth-order valence-corrected chi connectivity index (χ4v) is 1.66. The first-order chi connectivity index (χ1) is 6.83. The van der Waals surface area contributed by atoms with Gasteiger partial charge in [-0.2, -0.15) is 0 Å². The number of nitrogens with two attached hydrogens (primary N) is 1. The van der Waals surface area contributed by atoms with Gasteiger partial charge in [-0.25, -0.2) is 4.79 Å².